The van der Waals surface area contributed by atoms with E-state index in [-0.39, 0.29) is 11.3 Å². The second-order valence-electron chi connectivity index (χ2n) is 3.04. The van der Waals surface area contributed by atoms with Gasteiger partial charge in [0.1, 0.15) is 0 Å². The summed E-state index contributed by atoms with van der Waals surface area (Å²) in [5, 5.41) is 8.53. The average molecular weight is 223 g/mol. The third kappa shape index (κ3) is 2.70. The van der Waals surface area contributed by atoms with E-state index in [1.54, 1.807) is 6.07 Å². The Morgan fingerprint density at radius 3 is 2.75 bits per heavy atom. The van der Waals surface area contributed by atoms with Gasteiger partial charge in [-0.1, -0.05) is 0 Å². The van der Waals surface area contributed by atoms with Crippen molar-refractivity contribution >= 4 is 5.97 Å². The highest BCUT2D eigenvalue weighted by Gasteiger charge is 2.16. The molecule has 0 fully saturated rings. The molecule has 0 radical (unpaired) electrons. The largest absolute Gasteiger partial charge is 0.476 e. The van der Waals surface area contributed by atoms with E-state index in [4.69, 9.17) is 10.00 Å². The van der Waals surface area contributed by atoms with Crippen molar-refractivity contribution in [3.05, 3.63) is 29.6 Å². The molecule has 0 bridgehead atoms. The van der Waals surface area contributed by atoms with Gasteiger partial charge in [-0.3, -0.25) is 0 Å². The number of halogens is 1. The molecule has 0 amide bonds. The van der Waals surface area contributed by atoms with Crippen molar-refractivity contribution in [2.45, 2.75) is 13.0 Å². The highest BCUT2D eigenvalue weighted by atomic mass is 19.1. The fourth-order valence-corrected chi connectivity index (χ4v) is 1.07. The van der Waals surface area contributed by atoms with E-state index in [9.17, 15) is 9.18 Å². The minimum atomic E-state index is -0.896. The van der Waals surface area contributed by atoms with Crippen LogP contribution in [-0.4, -0.2) is 19.2 Å². The van der Waals surface area contributed by atoms with Crippen molar-refractivity contribution in [2.24, 2.45) is 0 Å². The summed E-state index contributed by atoms with van der Waals surface area (Å²) in [6, 6.07) is 5.54. The summed E-state index contributed by atoms with van der Waals surface area (Å²) in [7, 11) is 1.22. The first-order valence-corrected chi connectivity index (χ1v) is 4.52. The first-order chi connectivity index (χ1) is 7.58. The van der Waals surface area contributed by atoms with Crippen LogP contribution in [0.2, 0.25) is 0 Å². The first kappa shape index (κ1) is 12.0. The molecule has 1 aromatic carbocycles. The molecule has 4 nitrogen and oxygen atoms in total. The first-order valence-electron chi connectivity index (χ1n) is 4.52. The number of ether oxygens (including phenoxy) is 2. The average Bonchev–Trinajstić information content (AvgIpc) is 2.30. The zero-order valence-corrected chi connectivity index (χ0v) is 8.86. The molecule has 0 aromatic heterocycles. The number of carbonyl (C=O) groups excluding carboxylic acids is 1. The van der Waals surface area contributed by atoms with Crippen LogP contribution in [0.5, 0.6) is 5.75 Å². The van der Waals surface area contributed by atoms with Gasteiger partial charge in [-0.2, -0.15) is 5.26 Å². The molecule has 5 heteroatoms. The molecule has 0 heterocycles. The smallest absolute Gasteiger partial charge is 0.346 e. The molecule has 0 aliphatic rings. The van der Waals surface area contributed by atoms with Gasteiger partial charge in [0.05, 0.1) is 18.7 Å². The predicted octanol–water partition coefficient (Wildman–Crippen LogP) is 1.64. The Kier molecular flexibility index (Phi) is 3.84. The molecule has 1 rings (SSSR count). The van der Waals surface area contributed by atoms with E-state index in [1.165, 1.54) is 26.2 Å². The van der Waals surface area contributed by atoms with Crippen LogP contribution in [0.3, 0.4) is 0 Å². The van der Waals surface area contributed by atoms with Gasteiger partial charge >= 0.3 is 5.97 Å². The lowest BCUT2D eigenvalue weighted by Gasteiger charge is -2.12. The standard InChI is InChI=1S/C11H10FNO3/c1-7(11(14)15-2)16-10-4-3-8(6-13)5-9(10)12/h3-5,7H,1-2H3/t7-/m1/s1. The molecule has 1 atom stereocenters. The Morgan fingerprint density at radius 2 is 2.25 bits per heavy atom. The highest BCUT2D eigenvalue weighted by molar-refractivity contribution is 5.74. The van der Waals surface area contributed by atoms with Gasteiger partial charge in [0.2, 0.25) is 0 Å². The lowest BCUT2D eigenvalue weighted by Crippen LogP contribution is -2.25. The summed E-state index contributed by atoms with van der Waals surface area (Å²) < 4.78 is 22.8. The highest BCUT2D eigenvalue weighted by Crippen LogP contribution is 2.19. The Morgan fingerprint density at radius 1 is 1.56 bits per heavy atom. The monoisotopic (exact) mass is 223 g/mol. The van der Waals surface area contributed by atoms with E-state index >= 15 is 0 Å². The second-order valence-corrected chi connectivity index (χ2v) is 3.04. The third-order valence-electron chi connectivity index (χ3n) is 1.90. The molecule has 0 saturated carbocycles. The van der Waals surface area contributed by atoms with Gasteiger partial charge in [-0.15, -0.1) is 0 Å². The van der Waals surface area contributed by atoms with Crippen molar-refractivity contribution in [3.8, 4) is 11.8 Å². The molecular weight excluding hydrogens is 213 g/mol. The number of nitriles is 1. The maximum Gasteiger partial charge on any atom is 0.346 e. The van der Waals surface area contributed by atoms with E-state index < -0.39 is 17.9 Å². The van der Waals surface area contributed by atoms with Crippen LogP contribution in [0.1, 0.15) is 12.5 Å². The molecule has 0 unspecified atom stereocenters. The fraction of sp³-hybridized carbons (Fsp3) is 0.273. The summed E-state index contributed by atoms with van der Waals surface area (Å²) >= 11 is 0. The Bertz CT molecular complexity index is 439. The van der Waals surface area contributed by atoms with Crippen LogP contribution in [0.25, 0.3) is 0 Å². The van der Waals surface area contributed by atoms with E-state index in [2.05, 4.69) is 4.74 Å². The maximum absolute atomic E-state index is 13.3. The topological polar surface area (TPSA) is 59.3 Å². The van der Waals surface area contributed by atoms with Crippen LogP contribution in [0.4, 0.5) is 4.39 Å². The summed E-state index contributed by atoms with van der Waals surface area (Å²) in [6.45, 7) is 1.45. The minimum absolute atomic E-state index is 0.0862. The summed E-state index contributed by atoms with van der Waals surface area (Å²) in [4.78, 5) is 11.0. The number of hydrogen-bond donors (Lipinski definition) is 0. The van der Waals surface area contributed by atoms with Gasteiger partial charge in [-0.05, 0) is 25.1 Å². The Balaban J connectivity index is 2.83. The van der Waals surface area contributed by atoms with Crippen molar-refractivity contribution in [3.63, 3.8) is 0 Å². The number of esters is 1. The zero-order valence-electron chi connectivity index (χ0n) is 8.86. The van der Waals surface area contributed by atoms with Gasteiger partial charge < -0.3 is 9.47 Å². The van der Waals surface area contributed by atoms with Crippen molar-refractivity contribution < 1.29 is 18.7 Å². The lowest BCUT2D eigenvalue weighted by atomic mass is 10.2. The third-order valence-corrected chi connectivity index (χ3v) is 1.90. The van der Waals surface area contributed by atoms with Crippen molar-refractivity contribution in [1.82, 2.24) is 0 Å². The van der Waals surface area contributed by atoms with Crippen LogP contribution in [0.15, 0.2) is 18.2 Å². The second kappa shape index (κ2) is 5.12. The molecule has 0 spiro atoms. The molecular formula is C11H10FNO3. The van der Waals surface area contributed by atoms with Crippen LogP contribution < -0.4 is 4.74 Å². The summed E-state index contributed by atoms with van der Waals surface area (Å²) in [5.74, 6) is -1.37. The molecule has 0 aliphatic carbocycles. The molecule has 16 heavy (non-hydrogen) atoms. The van der Waals surface area contributed by atoms with Gasteiger partial charge in [0, 0.05) is 0 Å². The number of hydrogen-bond acceptors (Lipinski definition) is 4. The number of nitrogens with zero attached hydrogens (tertiary/aromatic N) is 1. The van der Waals surface area contributed by atoms with Crippen molar-refractivity contribution in [2.75, 3.05) is 7.11 Å². The predicted molar refractivity (Wildman–Crippen MR) is 53.2 cm³/mol. The van der Waals surface area contributed by atoms with Crippen molar-refractivity contribution in [1.29, 1.82) is 5.26 Å². The lowest BCUT2D eigenvalue weighted by molar-refractivity contribution is -0.148. The van der Waals surface area contributed by atoms with Crippen LogP contribution in [0, 0.1) is 17.1 Å². The minimum Gasteiger partial charge on any atom is -0.476 e. The van der Waals surface area contributed by atoms with Crippen LogP contribution >= 0.6 is 0 Å². The van der Waals surface area contributed by atoms with E-state index in [0.717, 1.165) is 6.07 Å². The number of benzene rings is 1. The Hall–Kier alpha value is -2.09. The fourth-order valence-electron chi connectivity index (χ4n) is 1.07. The number of rotatable bonds is 3. The van der Waals surface area contributed by atoms with E-state index in [0.29, 0.717) is 0 Å². The molecule has 0 aliphatic heterocycles. The maximum atomic E-state index is 13.3. The normalized spacial score (nSPS) is 11.4. The molecule has 1 aromatic rings. The molecule has 84 valence electrons. The van der Waals surface area contributed by atoms with Gasteiger partial charge in [0.25, 0.3) is 0 Å². The number of carbonyl (C=O) groups is 1. The zero-order chi connectivity index (χ0) is 12.1. The van der Waals surface area contributed by atoms with Gasteiger partial charge in [0.15, 0.2) is 17.7 Å². The SMILES string of the molecule is COC(=O)[C@@H](C)Oc1ccc(C#N)cc1F. The van der Waals surface area contributed by atoms with Crippen LogP contribution in [-0.2, 0) is 9.53 Å². The summed E-state index contributed by atoms with van der Waals surface area (Å²) in [5.41, 5.74) is 0.190. The number of methoxy groups -OCH3 is 1. The van der Waals surface area contributed by atoms with E-state index in [1.807, 2.05) is 0 Å². The van der Waals surface area contributed by atoms with Gasteiger partial charge in [-0.25, -0.2) is 9.18 Å². The summed E-state index contributed by atoms with van der Waals surface area (Å²) in [6.07, 6.45) is -0.896. The molecule has 0 N–H and O–H groups in total. The quantitative estimate of drug-likeness (QED) is 0.731. The molecule has 0 saturated heterocycles. The Labute approximate surface area is 92.2 Å².